The third-order valence-electron chi connectivity index (χ3n) is 5.07. The van der Waals surface area contributed by atoms with Crippen LogP contribution >= 0.6 is 11.6 Å². The van der Waals surface area contributed by atoms with Crippen molar-refractivity contribution in [3.63, 3.8) is 0 Å². The molecule has 2 aromatic rings. The molecule has 0 bridgehead atoms. The number of aliphatic carboxylic acids is 1. The van der Waals surface area contributed by atoms with Gasteiger partial charge < -0.3 is 25.5 Å². The number of carboxylic acids is 1. The number of aliphatic hydroxyl groups is 2. The molecular formula is C22H23ClN2O6. The highest BCUT2D eigenvalue weighted by Gasteiger charge is 2.34. The molecule has 0 spiro atoms. The summed E-state index contributed by atoms with van der Waals surface area (Å²) in [4.78, 5) is 36.7. The van der Waals surface area contributed by atoms with Gasteiger partial charge in [0.15, 0.2) is 6.10 Å². The Morgan fingerprint density at radius 1 is 1.10 bits per heavy atom. The number of halogens is 1. The molecule has 0 aliphatic carbocycles. The van der Waals surface area contributed by atoms with Gasteiger partial charge in [-0.2, -0.15) is 0 Å². The first kappa shape index (κ1) is 22.7. The van der Waals surface area contributed by atoms with Crippen molar-refractivity contribution in [3.05, 3.63) is 59.1 Å². The van der Waals surface area contributed by atoms with Crippen LogP contribution in [0.2, 0.25) is 5.02 Å². The molecule has 31 heavy (non-hydrogen) atoms. The van der Waals surface area contributed by atoms with Crippen LogP contribution in [0.4, 0.5) is 0 Å². The van der Waals surface area contributed by atoms with Gasteiger partial charge in [0, 0.05) is 30.6 Å². The van der Waals surface area contributed by atoms with Gasteiger partial charge in [-0.15, -0.1) is 0 Å². The Morgan fingerprint density at radius 3 is 2.35 bits per heavy atom. The molecule has 0 saturated carbocycles. The third-order valence-corrected chi connectivity index (χ3v) is 5.30. The van der Waals surface area contributed by atoms with Gasteiger partial charge >= 0.3 is 17.8 Å². The molecule has 1 aliphatic heterocycles. The van der Waals surface area contributed by atoms with Crippen LogP contribution in [0, 0.1) is 0 Å². The minimum atomic E-state index is -1.68. The molecule has 4 N–H and O–H groups in total. The number of nitrogens with zero attached hydrogens (tertiary/aromatic N) is 1. The van der Waals surface area contributed by atoms with Crippen LogP contribution in [-0.4, -0.2) is 69.3 Å². The van der Waals surface area contributed by atoms with E-state index in [-0.39, 0.29) is 25.9 Å². The predicted octanol–water partition coefficient (Wildman–Crippen LogP) is 1.07. The highest BCUT2D eigenvalue weighted by molar-refractivity contribution is 6.35. The van der Waals surface area contributed by atoms with Crippen molar-refractivity contribution in [2.45, 2.75) is 31.1 Å². The smallest absolute Gasteiger partial charge is 0.332 e. The summed E-state index contributed by atoms with van der Waals surface area (Å²) in [6.07, 6.45) is -2.36. The molecule has 2 unspecified atom stereocenters. The first-order chi connectivity index (χ1) is 14.7. The topological polar surface area (TPSA) is 127 Å². The number of carbonyl (C=O) groups excluding carboxylic acids is 2. The average molecular weight is 447 g/mol. The van der Waals surface area contributed by atoms with Gasteiger partial charge in [0.25, 0.3) is 0 Å². The molecule has 9 heteroatoms. The summed E-state index contributed by atoms with van der Waals surface area (Å²) in [6, 6.07) is 14.0. The molecule has 0 radical (unpaired) electrons. The van der Waals surface area contributed by atoms with Gasteiger partial charge in [0.2, 0.25) is 0 Å². The van der Waals surface area contributed by atoms with Crippen molar-refractivity contribution in [2.24, 2.45) is 0 Å². The lowest BCUT2D eigenvalue weighted by Gasteiger charge is -2.35. The van der Waals surface area contributed by atoms with Crippen LogP contribution in [0.5, 0.6) is 0 Å². The summed E-state index contributed by atoms with van der Waals surface area (Å²) < 4.78 is 0. The molecule has 2 amide bonds. The quantitative estimate of drug-likeness (QED) is 0.471. The number of likely N-dealkylation sites (tertiary alicyclic amines) is 1. The van der Waals surface area contributed by atoms with Gasteiger partial charge in [-0.1, -0.05) is 48.0 Å². The zero-order valence-electron chi connectivity index (χ0n) is 16.6. The summed E-state index contributed by atoms with van der Waals surface area (Å²) in [5, 5.41) is 31.2. The van der Waals surface area contributed by atoms with Gasteiger partial charge in [-0.05, 0) is 35.2 Å². The van der Waals surface area contributed by atoms with E-state index in [1.165, 1.54) is 4.90 Å². The number of benzene rings is 2. The lowest BCUT2D eigenvalue weighted by Crippen LogP contribution is -2.58. The molecule has 3 rings (SSSR count). The fourth-order valence-electron chi connectivity index (χ4n) is 3.36. The van der Waals surface area contributed by atoms with Crippen LogP contribution in [0.1, 0.15) is 12.0 Å². The number of rotatable bonds is 7. The Morgan fingerprint density at radius 2 is 1.77 bits per heavy atom. The Balaban J connectivity index is 1.69. The van der Waals surface area contributed by atoms with E-state index < -0.39 is 36.0 Å². The number of nitrogens with one attached hydrogen (secondary N) is 1. The van der Waals surface area contributed by atoms with Gasteiger partial charge in [0.1, 0.15) is 0 Å². The molecule has 2 aromatic carbocycles. The zero-order valence-corrected chi connectivity index (χ0v) is 17.3. The molecule has 2 atom stereocenters. The van der Waals surface area contributed by atoms with E-state index in [2.05, 4.69) is 5.32 Å². The molecule has 1 saturated heterocycles. The number of β-amino-alcohol motifs (C(OH)–C–C–N with tert-alkyl or cyclic N) is 1. The van der Waals surface area contributed by atoms with Crippen molar-refractivity contribution in [1.82, 2.24) is 10.2 Å². The predicted molar refractivity (Wildman–Crippen MR) is 113 cm³/mol. The van der Waals surface area contributed by atoms with Gasteiger partial charge in [-0.3, -0.25) is 9.59 Å². The molecule has 164 valence electrons. The van der Waals surface area contributed by atoms with Crippen LogP contribution < -0.4 is 5.32 Å². The molecule has 0 aromatic heterocycles. The third kappa shape index (κ3) is 6.04. The fourth-order valence-corrected chi connectivity index (χ4v) is 3.55. The minimum Gasteiger partial charge on any atom is -0.479 e. The van der Waals surface area contributed by atoms with E-state index in [0.717, 1.165) is 16.7 Å². The first-order valence-electron chi connectivity index (χ1n) is 9.76. The first-order valence-corrected chi connectivity index (χ1v) is 10.1. The Hall–Kier alpha value is -2.94. The molecule has 1 fully saturated rings. The second-order valence-corrected chi connectivity index (χ2v) is 7.97. The van der Waals surface area contributed by atoms with E-state index in [4.69, 9.17) is 16.7 Å². The molecule has 1 heterocycles. The van der Waals surface area contributed by atoms with Crippen LogP contribution in [0.15, 0.2) is 48.5 Å². The largest absolute Gasteiger partial charge is 0.479 e. The highest BCUT2D eigenvalue weighted by atomic mass is 35.5. The Bertz CT molecular complexity index is 959. The standard InChI is InChI=1S/C22H23ClN2O6/c23-16-3-1-2-15(9-16)14-6-4-13(5-7-14)8-17(10-19(27)22(30)31)24-20(28)21(29)25-11-18(26)12-25/h1-7,9,17-19,26-27H,8,10-12H2,(H,24,28)(H,30,31). The Labute approximate surface area is 184 Å². The van der Waals surface area contributed by atoms with E-state index in [0.29, 0.717) is 5.02 Å². The van der Waals surface area contributed by atoms with E-state index in [1.54, 1.807) is 6.07 Å². The van der Waals surface area contributed by atoms with E-state index in [9.17, 15) is 24.6 Å². The maximum atomic E-state index is 12.3. The normalized spacial score (nSPS) is 15.6. The number of hydrogen-bond donors (Lipinski definition) is 4. The zero-order chi connectivity index (χ0) is 22.5. The average Bonchev–Trinajstić information content (AvgIpc) is 2.71. The maximum Gasteiger partial charge on any atom is 0.332 e. The number of carboxylic acid groups (broad SMARTS) is 1. The fraction of sp³-hybridized carbons (Fsp3) is 0.318. The molecule has 1 aliphatic rings. The minimum absolute atomic E-state index is 0.0830. The van der Waals surface area contributed by atoms with E-state index >= 15 is 0 Å². The van der Waals surface area contributed by atoms with Crippen LogP contribution in [0.25, 0.3) is 11.1 Å². The number of amides is 2. The number of hydrogen-bond acceptors (Lipinski definition) is 5. The lowest BCUT2D eigenvalue weighted by molar-refractivity contribution is -0.153. The number of carbonyl (C=O) groups is 3. The van der Waals surface area contributed by atoms with Gasteiger partial charge in [0.05, 0.1) is 6.10 Å². The summed E-state index contributed by atoms with van der Waals surface area (Å²) in [6.45, 7) is 0.166. The second-order valence-electron chi connectivity index (χ2n) is 7.54. The lowest BCUT2D eigenvalue weighted by atomic mass is 9.97. The summed E-state index contributed by atoms with van der Waals surface area (Å²) in [7, 11) is 0. The van der Waals surface area contributed by atoms with Gasteiger partial charge in [-0.25, -0.2) is 4.79 Å². The molecule has 8 nitrogen and oxygen atoms in total. The van der Waals surface area contributed by atoms with Crippen molar-refractivity contribution in [1.29, 1.82) is 0 Å². The monoisotopic (exact) mass is 446 g/mol. The van der Waals surface area contributed by atoms with Crippen molar-refractivity contribution >= 4 is 29.4 Å². The maximum absolute atomic E-state index is 12.3. The summed E-state index contributed by atoms with van der Waals surface area (Å²) in [5.41, 5.74) is 2.66. The van der Waals surface area contributed by atoms with E-state index in [1.807, 2.05) is 42.5 Å². The highest BCUT2D eigenvalue weighted by Crippen LogP contribution is 2.23. The Kier molecular flexibility index (Phi) is 7.27. The second kappa shape index (κ2) is 9.91. The SMILES string of the molecule is O=C(NC(Cc1ccc(-c2cccc(Cl)c2)cc1)CC(O)C(=O)O)C(=O)N1CC(O)C1. The van der Waals surface area contributed by atoms with Crippen molar-refractivity contribution < 1.29 is 29.7 Å². The van der Waals surface area contributed by atoms with Crippen molar-refractivity contribution in [3.8, 4) is 11.1 Å². The van der Waals surface area contributed by atoms with Crippen LogP contribution in [0.3, 0.4) is 0 Å². The summed E-state index contributed by atoms with van der Waals surface area (Å²) in [5.74, 6) is -3.10. The van der Waals surface area contributed by atoms with Crippen molar-refractivity contribution in [2.75, 3.05) is 13.1 Å². The van der Waals surface area contributed by atoms with Crippen LogP contribution in [-0.2, 0) is 20.8 Å². The summed E-state index contributed by atoms with van der Waals surface area (Å²) >= 11 is 6.03. The molecular weight excluding hydrogens is 424 g/mol. The number of aliphatic hydroxyl groups excluding tert-OH is 2.